The standard InChI is InChI=1S/C18H24N4O2/c1-13-6-4-5-7-14(13)8-9-17(23)22-11-10-15-18(16(22)12-24-3)19-20-21(15)2/h4-7,16H,8-12H2,1-3H3. The van der Waals surface area contributed by atoms with E-state index in [0.29, 0.717) is 19.6 Å². The van der Waals surface area contributed by atoms with E-state index in [1.807, 2.05) is 24.1 Å². The Morgan fingerprint density at radius 3 is 2.92 bits per heavy atom. The molecule has 1 unspecified atom stereocenters. The molecule has 0 aliphatic carbocycles. The summed E-state index contributed by atoms with van der Waals surface area (Å²) in [6, 6.07) is 8.08. The first kappa shape index (κ1) is 16.6. The smallest absolute Gasteiger partial charge is 0.223 e. The molecule has 1 aliphatic rings. The molecule has 0 radical (unpaired) electrons. The lowest BCUT2D eigenvalue weighted by Gasteiger charge is -2.34. The number of rotatable bonds is 5. The normalized spacial score (nSPS) is 17.0. The lowest BCUT2D eigenvalue weighted by atomic mass is 10.0. The number of carbonyl (C=O) groups excluding carboxylic acids is 1. The highest BCUT2D eigenvalue weighted by atomic mass is 16.5. The largest absolute Gasteiger partial charge is 0.382 e. The third kappa shape index (κ3) is 3.19. The van der Waals surface area contributed by atoms with Gasteiger partial charge in [0.05, 0.1) is 12.3 Å². The Morgan fingerprint density at radius 1 is 1.38 bits per heavy atom. The molecule has 0 bridgehead atoms. The number of hydrogen-bond acceptors (Lipinski definition) is 4. The predicted molar refractivity (Wildman–Crippen MR) is 90.5 cm³/mol. The highest BCUT2D eigenvalue weighted by Crippen LogP contribution is 2.28. The van der Waals surface area contributed by atoms with Crippen LogP contribution in [0.1, 0.15) is 35.0 Å². The van der Waals surface area contributed by atoms with Crippen LogP contribution >= 0.6 is 0 Å². The van der Waals surface area contributed by atoms with Gasteiger partial charge in [-0.05, 0) is 24.5 Å². The number of methoxy groups -OCH3 is 1. The Kier molecular flexibility index (Phi) is 4.94. The molecule has 1 aromatic heterocycles. The topological polar surface area (TPSA) is 60.3 Å². The minimum Gasteiger partial charge on any atom is -0.382 e. The minimum atomic E-state index is -0.142. The second-order valence-corrected chi connectivity index (χ2v) is 6.28. The number of fused-ring (bicyclic) bond motifs is 1. The van der Waals surface area contributed by atoms with Crippen molar-refractivity contribution in [3.63, 3.8) is 0 Å². The van der Waals surface area contributed by atoms with Gasteiger partial charge in [0.25, 0.3) is 0 Å². The molecule has 2 aromatic rings. The Labute approximate surface area is 142 Å². The van der Waals surface area contributed by atoms with Crippen LogP contribution in [0.3, 0.4) is 0 Å². The van der Waals surface area contributed by atoms with Crippen molar-refractivity contribution in [1.29, 1.82) is 0 Å². The Hall–Kier alpha value is -2.21. The van der Waals surface area contributed by atoms with Gasteiger partial charge in [-0.1, -0.05) is 29.5 Å². The van der Waals surface area contributed by atoms with Gasteiger partial charge in [0.15, 0.2) is 0 Å². The van der Waals surface area contributed by atoms with Crippen molar-refractivity contribution in [2.24, 2.45) is 7.05 Å². The molecule has 128 valence electrons. The van der Waals surface area contributed by atoms with E-state index in [9.17, 15) is 4.79 Å². The van der Waals surface area contributed by atoms with E-state index in [-0.39, 0.29) is 11.9 Å². The summed E-state index contributed by atoms with van der Waals surface area (Å²) in [6.45, 7) is 3.22. The van der Waals surface area contributed by atoms with E-state index in [4.69, 9.17) is 4.74 Å². The molecule has 1 aromatic carbocycles. The average molecular weight is 328 g/mol. The summed E-state index contributed by atoms with van der Waals surface area (Å²) in [5.74, 6) is 0.150. The van der Waals surface area contributed by atoms with Gasteiger partial charge < -0.3 is 9.64 Å². The molecule has 0 saturated heterocycles. The second kappa shape index (κ2) is 7.13. The van der Waals surface area contributed by atoms with Gasteiger partial charge in [-0.2, -0.15) is 0 Å². The summed E-state index contributed by atoms with van der Waals surface area (Å²) in [7, 11) is 3.55. The minimum absolute atomic E-state index is 0.142. The predicted octanol–water partition coefficient (Wildman–Crippen LogP) is 1.83. The van der Waals surface area contributed by atoms with Gasteiger partial charge >= 0.3 is 0 Å². The molecule has 6 heteroatoms. The van der Waals surface area contributed by atoms with Crippen molar-refractivity contribution >= 4 is 5.91 Å². The van der Waals surface area contributed by atoms with Crippen LogP contribution in [0.5, 0.6) is 0 Å². The second-order valence-electron chi connectivity index (χ2n) is 6.28. The lowest BCUT2D eigenvalue weighted by Crippen LogP contribution is -2.42. The zero-order chi connectivity index (χ0) is 17.1. The Balaban J connectivity index is 1.73. The fourth-order valence-electron chi connectivity index (χ4n) is 3.37. The summed E-state index contributed by atoms with van der Waals surface area (Å²) in [4.78, 5) is 14.7. The van der Waals surface area contributed by atoms with E-state index < -0.39 is 0 Å². The van der Waals surface area contributed by atoms with Gasteiger partial charge in [0.1, 0.15) is 11.7 Å². The number of ether oxygens (including phenoxy) is 1. The molecular formula is C18H24N4O2. The van der Waals surface area contributed by atoms with E-state index in [1.54, 1.807) is 11.8 Å². The monoisotopic (exact) mass is 328 g/mol. The molecule has 0 fully saturated rings. The summed E-state index contributed by atoms with van der Waals surface area (Å²) in [5.41, 5.74) is 4.43. The number of nitrogens with zero attached hydrogens (tertiary/aromatic N) is 4. The van der Waals surface area contributed by atoms with Gasteiger partial charge in [0, 0.05) is 33.5 Å². The Bertz CT molecular complexity index is 726. The maximum absolute atomic E-state index is 12.8. The van der Waals surface area contributed by atoms with Gasteiger partial charge in [-0.15, -0.1) is 5.10 Å². The third-order valence-electron chi connectivity index (χ3n) is 4.77. The van der Waals surface area contributed by atoms with Crippen LogP contribution in [0.4, 0.5) is 0 Å². The molecule has 0 N–H and O–H groups in total. The van der Waals surface area contributed by atoms with Crippen molar-refractivity contribution in [1.82, 2.24) is 19.9 Å². The van der Waals surface area contributed by atoms with Crippen LogP contribution in [0.15, 0.2) is 24.3 Å². The molecule has 6 nitrogen and oxygen atoms in total. The van der Waals surface area contributed by atoms with Gasteiger partial charge in [0.2, 0.25) is 5.91 Å². The van der Waals surface area contributed by atoms with Crippen LogP contribution in [0, 0.1) is 6.92 Å². The van der Waals surface area contributed by atoms with E-state index in [2.05, 4.69) is 29.4 Å². The number of hydrogen-bond donors (Lipinski definition) is 0. The molecule has 24 heavy (non-hydrogen) atoms. The number of benzene rings is 1. The SMILES string of the molecule is COCC1c2nnn(C)c2CCN1C(=O)CCc1ccccc1C. The summed E-state index contributed by atoms with van der Waals surface area (Å²) >= 11 is 0. The maximum Gasteiger partial charge on any atom is 0.223 e. The summed E-state index contributed by atoms with van der Waals surface area (Å²) < 4.78 is 7.14. The summed E-state index contributed by atoms with van der Waals surface area (Å²) in [5, 5.41) is 8.36. The highest BCUT2D eigenvalue weighted by molar-refractivity contribution is 5.77. The highest BCUT2D eigenvalue weighted by Gasteiger charge is 2.34. The van der Waals surface area contributed by atoms with Gasteiger partial charge in [-0.25, -0.2) is 0 Å². The van der Waals surface area contributed by atoms with Crippen molar-refractivity contribution in [3.05, 3.63) is 46.8 Å². The molecule has 0 saturated carbocycles. The first-order valence-electron chi connectivity index (χ1n) is 8.33. The van der Waals surface area contributed by atoms with Crippen molar-refractivity contribution in [2.45, 2.75) is 32.2 Å². The van der Waals surface area contributed by atoms with Crippen LogP contribution in [0.2, 0.25) is 0 Å². The first-order chi connectivity index (χ1) is 11.6. The van der Waals surface area contributed by atoms with E-state index in [1.165, 1.54) is 11.1 Å². The molecule has 3 rings (SSSR count). The molecule has 1 amide bonds. The quantitative estimate of drug-likeness (QED) is 0.840. The first-order valence-corrected chi connectivity index (χ1v) is 8.33. The van der Waals surface area contributed by atoms with E-state index in [0.717, 1.165) is 24.2 Å². The number of carbonyl (C=O) groups is 1. The van der Waals surface area contributed by atoms with Crippen molar-refractivity contribution < 1.29 is 9.53 Å². The average Bonchev–Trinajstić information content (AvgIpc) is 2.96. The zero-order valence-electron chi connectivity index (χ0n) is 14.5. The molecule has 1 atom stereocenters. The molecule has 2 heterocycles. The van der Waals surface area contributed by atoms with Crippen LogP contribution < -0.4 is 0 Å². The third-order valence-corrected chi connectivity index (χ3v) is 4.77. The molecule has 0 spiro atoms. The van der Waals surface area contributed by atoms with Crippen LogP contribution in [-0.4, -0.2) is 46.1 Å². The molecular weight excluding hydrogens is 304 g/mol. The fourth-order valence-corrected chi connectivity index (χ4v) is 3.37. The lowest BCUT2D eigenvalue weighted by molar-refractivity contribution is -0.135. The van der Waals surface area contributed by atoms with Crippen LogP contribution in [0.25, 0.3) is 0 Å². The number of aromatic nitrogens is 3. The number of aryl methyl sites for hydroxylation is 3. The zero-order valence-corrected chi connectivity index (χ0v) is 14.5. The van der Waals surface area contributed by atoms with Crippen LogP contribution in [-0.2, 0) is 29.4 Å². The van der Waals surface area contributed by atoms with Crippen molar-refractivity contribution in [2.75, 3.05) is 20.3 Å². The van der Waals surface area contributed by atoms with Gasteiger partial charge in [-0.3, -0.25) is 9.48 Å². The van der Waals surface area contributed by atoms with E-state index >= 15 is 0 Å². The summed E-state index contributed by atoms with van der Waals surface area (Å²) in [6.07, 6.45) is 2.05. The molecule has 1 aliphatic heterocycles. The van der Waals surface area contributed by atoms with Crippen molar-refractivity contribution in [3.8, 4) is 0 Å². The fraction of sp³-hybridized carbons (Fsp3) is 0.500. The Morgan fingerprint density at radius 2 is 2.17 bits per heavy atom. The maximum atomic E-state index is 12.8. The number of amides is 1.